The third-order valence-corrected chi connectivity index (χ3v) is 3.24. The molecule has 0 aliphatic carbocycles. The summed E-state index contributed by atoms with van der Waals surface area (Å²) >= 11 is 0. The van der Waals surface area contributed by atoms with Crippen LogP contribution >= 0.6 is 0 Å². The van der Waals surface area contributed by atoms with Crippen molar-refractivity contribution in [1.82, 2.24) is 0 Å². The number of aldehydes is 1. The van der Waals surface area contributed by atoms with Gasteiger partial charge in [0, 0.05) is 12.6 Å². The molecule has 0 fully saturated rings. The Labute approximate surface area is 131 Å². The SMILES string of the molecule is CC(=O)C=O.Cc1ccc(C=Cc2ccccc2)c(N)c1C. The molecular formula is C19H21NO2. The lowest BCUT2D eigenvalue weighted by Gasteiger charge is -2.07. The quantitative estimate of drug-likeness (QED) is 0.405. The zero-order valence-electron chi connectivity index (χ0n) is 13.2. The van der Waals surface area contributed by atoms with Gasteiger partial charge >= 0.3 is 0 Å². The monoisotopic (exact) mass is 295 g/mol. The van der Waals surface area contributed by atoms with Crippen LogP contribution in [-0.2, 0) is 9.59 Å². The van der Waals surface area contributed by atoms with Crippen molar-refractivity contribution >= 4 is 29.9 Å². The molecule has 0 aliphatic heterocycles. The Morgan fingerprint density at radius 1 is 1.00 bits per heavy atom. The number of rotatable bonds is 3. The van der Waals surface area contributed by atoms with Crippen molar-refractivity contribution in [3.05, 3.63) is 64.7 Å². The Hall–Kier alpha value is -2.68. The third-order valence-electron chi connectivity index (χ3n) is 3.24. The molecule has 3 heteroatoms. The number of aryl methyl sites for hydroxylation is 1. The fraction of sp³-hybridized carbons (Fsp3) is 0.158. The highest BCUT2D eigenvalue weighted by Gasteiger charge is 2.01. The fourth-order valence-corrected chi connectivity index (χ4v) is 1.75. The zero-order valence-corrected chi connectivity index (χ0v) is 13.2. The Morgan fingerprint density at radius 3 is 2.14 bits per heavy atom. The van der Waals surface area contributed by atoms with Crippen LogP contribution in [0.3, 0.4) is 0 Å². The summed E-state index contributed by atoms with van der Waals surface area (Å²) in [5.41, 5.74) is 11.6. The average molecular weight is 295 g/mol. The largest absolute Gasteiger partial charge is 0.398 e. The molecule has 0 bridgehead atoms. The van der Waals surface area contributed by atoms with Gasteiger partial charge in [-0.1, -0.05) is 54.6 Å². The Balaban J connectivity index is 0.000000422. The highest BCUT2D eigenvalue weighted by molar-refractivity contribution is 6.23. The van der Waals surface area contributed by atoms with Crippen LogP contribution in [0.5, 0.6) is 0 Å². The van der Waals surface area contributed by atoms with E-state index in [1.54, 1.807) is 0 Å². The van der Waals surface area contributed by atoms with Gasteiger partial charge in [-0.15, -0.1) is 0 Å². The molecule has 0 spiro atoms. The van der Waals surface area contributed by atoms with E-state index >= 15 is 0 Å². The normalized spacial score (nSPS) is 9.95. The van der Waals surface area contributed by atoms with Gasteiger partial charge in [0.1, 0.15) is 0 Å². The standard InChI is InChI=1S/C16H17N.C3H4O2/c1-12-8-10-15(16(17)13(12)2)11-9-14-6-4-3-5-7-14;1-3(5)2-4/h3-11H,17H2,1-2H3;2H,1H3. The predicted molar refractivity (Wildman–Crippen MR) is 92.4 cm³/mol. The molecule has 22 heavy (non-hydrogen) atoms. The maximum absolute atomic E-state index is 9.44. The lowest BCUT2D eigenvalue weighted by Crippen LogP contribution is -1.95. The van der Waals surface area contributed by atoms with E-state index in [2.05, 4.69) is 50.3 Å². The number of hydrogen-bond donors (Lipinski definition) is 1. The van der Waals surface area contributed by atoms with E-state index in [1.165, 1.54) is 23.6 Å². The van der Waals surface area contributed by atoms with Gasteiger partial charge in [0.05, 0.1) is 0 Å². The van der Waals surface area contributed by atoms with E-state index in [0.717, 1.165) is 11.3 Å². The number of benzene rings is 2. The highest BCUT2D eigenvalue weighted by Crippen LogP contribution is 2.22. The van der Waals surface area contributed by atoms with E-state index in [-0.39, 0.29) is 6.29 Å². The molecule has 0 saturated heterocycles. The number of hydrogen-bond acceptors (Lipinski definition) is 3. The Bertz CT molecular complexity index is 673. The molecule has 114 valence electrons. The van der Waals surface area contributed by atoms with Crippen LogP contribution in [0.2, 0.25) is 0 Å². The molecule has 2 N–H and O–H groups in total. The second kappa shape index (κ2) is 8.57. The van der Waals surface area contributed by atoms with Gasteiger partial charge in [-0.3, -0.25) is 9.59 Å². The lowest BCUT2D eigenvalue weighted by atomic mass is 10.0. The maximum atomic E-state index is 9.44. The molecule has 0 aliphatic rings. The molecule has 0 aromatic heterocycles. The second-order valence-electron chi connectivity index (χ2n) is 4.98. The molecule has 2 aromatic rings. The zero-order chi connectivity index (χ0) is 16.5. The second-order valence-corrected chi connectivity index (χ2v) is 4.98. The molecule has 0 heterocycles. The highest BCUT2D eigenvalue weighted by atomic mass is 16.2. The Morgan fingerprint density at radius 2 is 1.59 bits per heavy atom. The topological polar surface area (TPSA) is 60.2 Å². The van der Waals surface area contributed by atoms with Crippen LogP contribution in [0, 0.1) is 13.8 Å². The summed E-state index contributed by atoms with van der Waals surface area (Å²) in [4.78, 5) is 18.6. The van der Waals surface area contributed by atoms with Gasteiger partial charge in [-0.25, -0.2) is 0 Å². The van der Waals surface area contributed by atoms with E-state index in [1.807, 2.05) is 18.2 Å². The first-order valence-corrected chi connectivity index (χ1v) is 7.00. The molecular weight excluding hydrogens is 274 g/mol. The smallest absolute Gasteiger partial charge is 0.192 e. The number of Topliss-reactive ketones (excluding diaryl/α,β-unsaturated/α-hetero) is 1. The summed E-state index contributed by atoms with van der Waals surface area (Å²) in [6.45, 7) is 5.36. The summed E-state index contributed by atoms with van der Waals surface area (Å²) < 4.78 is 0. The van der Waals surface area contributed by atoms with E-state index in [0.29, 0.717) is 0 Å². The average Bonchev–Trinajstić information content (AvgIpc) is 2.53. The minimum atomic E-state index is -0.426. The molecule has 0 unspecified atom stereocenters. The number of carbonyl (C=O) groups excluding carboxylic acids is 2. The van der Waals surface area contributed by atoms with Gasteiger partial charge in [0.2, 0.25) is 0 Å². The molecule has 2 rings (SSSR count). The molecule has 0 saturated carbocycles. The van der Waals surface area contributed by atoms with Crippen LogP contribution in [0.15, 0.2) is 42.5 Å². The van der Waals surface area contributed by atoms with Crippen LogP contribution in [-0.4, -0.2) is 12.1 Å². The minimum Gasteiger partial charge on any atom is -0.398 e. The maximum Gasteiger partial charge on any atom is 0.192 e. The lowest BCUT2D eigenvalue weighted by molar-refractivity contribution is -0.128. The molecule has 0 radical (unpaired) electrons. The van der Waals surface area contributed by atoms with Crippen molar-refractivity contribution in [2.24, 2.45) is 0 Å². The van der Waals surface area contributed by atoms with Gasteiger partial charge in [0.15, 0.2) is 12.1 Å². The molecule has 2 aromatic carbocycles. The van der Waals surface area contributed by atoms with Gasteiger partial charge < -0.3 is 5.73 Å². The van der Waals surface area contributed by atoms with Gasteiger partial charge in [-0.2, -0.15) is 0 Å². The molecule has 0 atom stereocenters. The first-order chi connectivity index (χ1) is 10.5. The van der Waals surface area contributed by atoms with Crippen LogP contribution in [0.1, 0.15) is 29.2 Å². The summed E-state index contributed by atoms with van der Waals surface area (Å²) in [5, 5.41) is 0. The van der Waals surface area contributed by atoms with Crippen molar-refractivity contribution in [2.45, 2.75) is 20.8 Å². The Kier molecular flexibility index (Phi) is 6.77. The van der Waals surface area contributed by atoms with Crippen molar-refractivity contribution in [1.29, 1.82) is 0 Å². The summed E-state index contributed by atoms with van der Waals surface area (Å²) in [6, 6.07) is 14.4. The summed E-state index contributed by atoms with van der Waals surface area (Å²) in [5.74, 6) is -0.426. The van der Waals surface area contributed by atoms with Crippen LogP contribution in [0.4, 0.5) is 5.69 Å². The first-order valence-electron chi connectivity index (χ1n) is 7.00. The summed E-state index contributed by atoms with van der Waals surface area (Å²) in [7, 11) is 0. The summed E-state index contributed by atoms with van der Waals surface area (Å²) in [6.07, 6.45) is 4.43. The number of nitrogens with two attached hydrogens (primary N) is 1. The number of ketones is 1. The van der Waals surface area contributed by atoms with Crippen molar-refractivity contribution in [3.63, 3.8) is 0 Å². The van der Waals surface area contributed by atoms with Crippen molar-refractivity contribution < 1.29 is 9.59 Å². The van der Waals surface area contributed by atoms with Crippen molar-refractivity contribution in [2.75, 3.05) is 5.73 Å². The predicted octanol–water partition coefficient (Wildman–Crippen LogP) is 3.83. The van der Waals surface area contributed by atoms with Gasteiger partial charge in [-0.05, 0) is 36.1 Å². The van der Waals surface area contributed by atoms with Crippen LogP contribution < -0.4 is 5.73 Å². The molecule has 3 nitrogen and oxygen atoms in total. The number of carbonyl (C=O) groups is 2. The number of anilines is 1. The third kappa shape index (κ3) is 5.37. The van der Waals surface area contributed by atoms with E-state index in [4.69, 9.17) is 10.5 Å². The van der Waals surface area contributed by atoms with E-state index in [9.17, 15) is 4.79 Å². The minimum absolute atomic E-state index is 0.278. The first kappa shape index (κ1) is 17.4. The van der Waals surface area contributed by atoms with Crippen molar-refractivity contribution in [3.8, 4) is 0 Å². The fourth-order valence-electron chi connectivity index (χ4n) is 1.75. The molecule has 0 amide bonds. The number of nitrogen functional groups attached to an aromatic ring is 1. The van der Waals surface area contributed by atoms with Crippen LogP contribution in [0.25, 0.3) is 12.2 Å². The van der Waals surface area contributed by atoms with Gasteiger partial charge in [0.25, 0.3) is 0 Å². The van der Waals surface area contributed by atoms with E-state index < -0.39 is 5.78 Å².